The lowest BCUT2D eigenvalue weighted by Crippen LogP contribution is -2.33. The molecule has 0 atom stereocenters. The second-order valence-corrected chi connectivity index (χ2v) is 9.79. The van der Waals surface area contributed by atoms with E-state index >= 15 is 0 Å². The van der Waals surface area contributed by atoms with Crippen molar-refractivity contribution in [2.75, 3.05) is 5.75 Å². The van der Waals surface area contributed by atoms with Gasteiger partial charge in [-0.05, 0) is 12.1 Å². The summed E-state index contributed by atoms with van der Waals surface area (Å²) < 4.78 is 131. The lowest BCUT2D eigenvalue weighted by molar-refractivity contribution is -0.289. The Labute approximate surface area is 182 Å². The summed E-state index contributed by atoms with van der Waals surface area (Å²) in [6, 6.07) is 1.62. The SMILES string of the molecule is CCS(=O)(=O)c1c(-c2cn3nc(C(F)(F)C(F)(F)F)sc3n2)nc2ccc(C(F)(F)F)cn12. The zero-order valence-corrected chi connectivity index (χ0v) is 17.5. The second-order valence-electron chi connectivity index (χ2n) is 6.65. The van der Waals surface area contributed by atoms with E-state index in [4.69, 9.17) is 0 Å². The molecule has 4 rings (SSSR count). The van der Waals surface area contributed by atoms with Crippen LogP contribution in [0.2, 0.25) is 0 Å². The normalized spacial score (nSPS) is 14.0. The summed E-state index contributed by atoms with van der Waals surface area (Å²) in [7, 11) is -4.20. The van der Waals surface area contributed by atoms with Gasteiger partial charge < -0.3 is 0 Å². The molecule has 0 radical (unpaired) electrons. The molecule has 4 aromatic rings. The van der Waals surface area contributed by atoms with Crippen molar-refractivity contribution < 1.29 is 43.5 Å². The minimum absolute atomic E-state index is 0.0837. The van der Waals surface area contributed by atoms with E-state index in [1.807, 2.05) is 0 Å². The van der Waals surface area contributed by atoms with Crippen LogP contribution in [-0.2, 0) is 21.9 Å². The van der Waals surface area contributed by atoms with Gasteiger partial charge in [0.15, 0.2) is 19.9 Å². The molecule has 0 aliphatic carbocycles. The standard InChI is InChI=1S/C16H9F8N5O2S2/c1-2-33(30,31)11-10(26-9-4-3-7(5-28(9)11)15(19,20)21)8-6-29-13(25-8)32-12(27-29)14(17,18)16(22,23)24/h3-6H,2H2,1H3. The Bertz CT molecular complexity index is 1450. The van der Waals surface area contributed by atoms with Gasteiger partial charge in [0.2, 0.25) is 4.96 Å². The highest BCUT2D eigenvalue weighted by molar-refractivity contribution is 7.91. The summed E-state index contributed by atoms with van der Waals surface area (Å²) in [6.07, 6.45) is -9.28. The highest BCUT2D eigenvalue weighted by Crippen LogP contribution is 2.45. The molecule has 0 bridgehead atoms. The average molecular weight is 519 g/mol. The van der Waals surface area contributed by atoms with Gasteiger partial charge in [-0.25, -0.2) is 22.9 Å². The Balaban J connectivity index is 1.92. The Morgan fingerprint density at radius 3 is 2.21 bits per heavy atom. The quantitative estimate of drug-likeness (QED) is 0.369. The maximum atomic E-state index is 13.5. The predicted octanol–water partition coefficient (Wildman–Crippen LogP) is 4.57. The van der Waals surface area contributed by atoms with Gasteiger partial charge in [0.1, 0.15) is 17.0 Å². The molecule has 0 aliphatic heterocycles. The Hall–Kier alpha value is -2.82. The number of fused-ring (bicyclic) bond motifs is 2. The van der Waals surface area contributed by atoms with E-state index in [0.29, 0.717) is 21.2 Å². The number of nitrogens with zero attached hydrogens (tertiary/aromatic N) is 5. The number of pyridine rings is 1. The topological polar surface area (TPSA) is 81.6 Å². The van der Waals surface area contributed by atoms with Crippen LogP contribution in [0.3, 0.4) is 0 Å². The highest BCUT2D eigenvalue weighted by Gasteiger charge is 2.61. The van der Waals surface area contributed by atoms with Crippen LogP contribution >= 0.6 is 11.3 Å². The van der Waals surface area contributed by atoms with Crippen LogP contribution < -0.4 is 0 Å². The molecule has 0 saturated carbocycles. The molecule has 0 saturated heterocycles. The Morgan fingerprint density at radius 1 is 1.00 bits per heavy atom. The maximum Gasteiger partial charge on any atom is 0.460 e. The molecule has 0 N–H and O–H groups in total. The van der Waals surface area contributed by atoms with Crippen molar-refractivity contribution in [2.24, 2.45) is 0 Å². The molecule has 4 heterocycles. The van der Waals surface area contributed by atoms with Gasteiger partial charge in [-0.1, -0.05) is 18.3 Å². The van der Waals surface area contributed by atoms with E-state index in [9.17, 15) is 43.5 Å². The molecule has 17 heteroatoms. The summed E-state index contributed by atoms with van der Waals surface area (Å²) in [4.78, 5) is 7.39. The molecule has 0 fully saturated rings. The van der Waals surface area contributed by atoms with Gasteiger partial charge in [-0.3, -0.25) is 4.40 Å². The van der Waals surface area contributed by atoms with Gasteiger partial charge in [-0.15, -0.1) is 0 Å². The number of hydrogen-bond donors (Lipinski definition) is 0. The zero-order chi connectivity index (χ0) is 24.6. The van der Waals surface area contributed by atoms with Crippen molar-refractivity contribution in [3.63, 3.8) is 0 Å². The molecule has 0 unspecified atom stereocenters. The lowest BCUT2D eigenvalue weighted by atomic mass is 10.3. The van der Waals surface area contributed by atoms with Crippen LogP contribution in [0.4, 0.5) is 35.1 Å². The number of imidazole rings is 2. The zero-order valence-electron chi connectivity index (χ0n) is 15.9. The second kappa shape index (κ2) is 7.09. The van der Waals surface area contributed by atoms with E-state index in [1.54, 1.807) is 0 Å². The Kier molecular flexibility index (Phi) is 5.01. The fraction of sp³-hybridized carbons (Fsp3) is 0.312. The van der Waals surface area contributed by atoms with Crippen LogP contribution in [0, 0.1) is 0 Å². The number of hydrogen-bond acceptors (Lipinski definition) is 6. The van der Waals surface area contributed by atoms with E-state index in [1.165, 1.54) is 6.92 Å². The minimum atomic E-state index is -5.90. The third kappa shape index (κ3) is 3.71. The van der Waals surface area contributed by atoms with Crippen LogP contribution in [0.15, 0.2) is 29.6 Å². The minimum Gasteiger partial charge on any atom is -0.289 e. The van der Waals surface area contributed by atoms with Crippen LogP contribution in [0.25, 0.3) is 22.0 Å². The smallest absolute Gasteiger partial charge is 0.289 e. The van der Waals surface area contributed by atoms with Crippen LogP contribution in [-0.4, -0.2) is 44.3 Å². The average Bonchev–Trinajstić information content (AvgIpc) is 3.36. The van der Waals surface area contributed by atoms with E-state index in [0.717, 1.165) is 12.3 Å². The molecular formula is C16H9F8N5O2S2. The van der Waals surface area contributed by atoms with Crippen molar-refractivity contribution in [1.29, 1.82) is 0 Å². The van der Waals surface area contributed by atoms with Crippen molar-refractivity contribution in [2.45, 2.75) is 30.2 Å². The van der Waals surface area contributed by atoms with E-state index in [-0.39, 0.29) is 22.7 Å². The number of sulfone groups is 1. The summed E-state index contributed by atoms with van der Waals surface area (Å²) in [5.41, 5.74) is -2.03. The first-order valence-corrected chi connectivity index (χ1v) is 11.2. The van der Waals surface area contributed by atoms with Gasteiger partial charge >= 0.3 is 18.3 Å². The number of alkyl halides is 8. The van der Waals surface area contributed by atoms with Crippen molar-refractivity contribution in [3.8, 4) is 11.4 Å². The van der Waals surface area contributed by atoms with Crippen molar-refractivity contribution in [3.05, 3.63) is 35.1 Å². The van der Waals surface area contributed by atoms with Crippen LogP contribution in [0.1, 0.15) is 17.5 Å². The monoisotopic (exact) mass is 519 g/mol. The first-order chi connectivity index (χ1) is 15.1. The molecule has 7 nitrogen and oxygen atoms in total. The van der Waals surface area contributed by atoms with Gasteiger partial charge in [-0.2, -0.15) is 40.2 Å². The van der Waals surface area contributed by atoms with Gasteiger partial charge in [0.05, 0.1) is 17.5 Å². The summed E-state index contributed by atoms with van der Waals surface area (Å²) in [5.74, 6) is -5.77. The fourth-order valence-corrected chi connectivity index (χ4v) is 4.89. The molecule has 0 amide bonds. The van der Waals surface area contributed by atoms with E-state index < -0.39 is 60.1 Å². The molecule has 33 heavy (non-hydrogen) atoms. The molecule has 178 valence electrons. The fourth-order valence-electron chi connectivity index (χ4n) is 2.85. The van der Waals surface area contributed by atoms with Gasteiger partial charge in [0, 0.05) is 6.20 Å². The molecule has 4 aromatic heterocycles. The van der Waals surface area contributed by atoms with E-state index in [2.05, 4.69) is 15.1 Å². The van der Waals surface area contributed by atoms with Gasteiger partial charge in [0.25, 0.3) is 0 Å². The van der Waals surface area contributed by atoms with Crippen molar-refractivity contribution >= 4 is 31.8 Å². The predicted molar refractivity (Wildman–Crippen MR) is 97.7 cm³/mol. The third-order valence-corrected chi connectivity index (χ3v) is 7.22. The molecule has 0 aromatic carbocycles. The lowest BCUT2D eigenvalue weighted by Gasteiger charge is -2.15. The first-order valence-electron chi connectivity index (χ1n) is 8.70. The highest BCUT2D eigenvalue weighted by atomic mass is 32.2. The first kappa shape index (κ1) is 23.3. The summed E-state index contributed by atoms with van der Waals surface area (Å²) >= 11 is -0.0837. The molecule has 0 spiro atoms. The summed E-state index contributed by atoms with van der Waals surface area (Å²) in [6.45, 7) is 1.24. The Morgan fingerprint density at radius 2 is 1.67 bits per heavy atom. The number of halogens is 8. The maximum absolute atomic E-state index is 13.5. The number of rotatable bonds is 4. The molecular weight excluding hydrogens is 510 g/mol. The summed E-state index contributed by atoms with van der Waals surface area (Å²) in [5, 5.41) is 0.951. The third-order valence-electron chi connectivity index (χ3n) is 4.49. The largest absolute Gasteiger partial charge is 0.460 e. The number of aromatic nitrogens is 5. The molecule has 0 aliphatic rings. The van der Waals surface area contributed by atoms with Crippen LogP contribution in [0.5, 0.6) is 0 Å². The van der Waals surface area contributed by atoms with Crippen molar-refractivity contribution in [1.82, 2.24) is 24.0 Å².